The average molecular weight is 481 g/mol. The number of carbonyl (C=O) groups is 2. The number of halogens is 3. The number of piperidine rings is 1. The fourth-order valence-corrected chi connectivity index (χ4v) is 4.12. The number of alkyl halides is 2. The van der Waals surface area contributed by atoms with Crippen LogP contribution in [-0.4, -0.2) is 40.7 Å². The minimum Gasteiger partial charge on any atom is -0.332 e. The lowest BCUT2D eigenvalue weighted by atomic mass is 9.93. The lowest BCUT2D eigenvalue weighted by molar-refractivity contribution is -0.130. The van der Waals surface area contributed by atoms with Crippen molar-refractivity contribution in [3.63, 3.8) is 0 Å². The van der Waals surface area contributed by atoms with Crippen LogP contribution in [-0.2, 0) is 4.79 Å². The minimum absolute atomic E-state index is 0.140. The Balaban J connectivity index is 1.54. The maximum atomic E-state index is 14.5. The predicted molar refractivity (Wildman–Crippen MR) is 123 cm³/mol. The molecule has 0 bridgehead atoms. The van der Waals surface area contributed by atoms with Crippen LogP contribution >= 0.6 is 11.6 Å². The van der Waals surface area contributed by atoms with Crippen LogP contribution in [0.15, 0.2) is 66.9 Å². The molecule has 2 aromatic carbocycles. The van der Waals surface area contributed by atoms with Crippen LogP contribution in [0.5, 0.6) is 0 Å². The number of pyridine rings is 1. The molecule has 172 valence electrons. The molecule has 1 unspecified atom stereocenters. The summed E-state index contributed by atoms with van der Waals surface area (Å²) in [6, 6.07) is 18.1. The van der Waals surface area contributed by atoms with E-state index in [4.69, 9.17) is 16.9 Å². The van der Waals surface area contributed by atoms with E-state index < -0.39 is 36.6 Å². The van der Waals surface area contributed by atoms with Gasteiger partial charge in [0.2, 0.25) is 5.91 Å². The molecule has 34 heavy (non-hydrogen) atoms. The van der Waals surface area contributed by atoms with Crippen molar-refractivity contribution in [2.24, 2.45) is 5.92 Å². The first-order valence-electron chi connectivity index (χ1n) is 10.4. The Morgan fingerprint density at radius 1 is 1.12 bits per heavy atom. The molecule has 0 aliphatic carbocycles. The van der Waals surface area contributed by atoms with E-state index in [0.29, 0.717) is 21.8 Å². The number of carbonyl (C=O) groups excluding carboxylic acids is 2. The van der Waals surface area contributed by atoms with Gasteiger partial charge in [0.1, 0.15) is 11.8 Å². The highest BCUT2D eigenvalue weighted by Crippen LogP contribution is 2.32. The number of nitriles is 1. The Labute approximate surface area is 199 Å². The van der Waals surface area contributed by atoms with Crippen molar-refractivity contribution in [1.29, 1.82) is 5.26 Å². The molecule has 2 heterocycles. The highest BCUT2D eigenvalue weighted by molar-refractivity contribution is 6.30. The molecular weight excluding hydrogens is 462 g/mol. The summed E-state index contributed by atoms with van der Waals surface area (Å²) in [4.78, 5) is 30.8. The zero-order valence-corrected chi connectivity index (χ0v) is 18.6. The summed E-state index contributed by atoms with van der Waals surface area (Å²) in [5.74, 6) is -5.51. The Hall–Kier alpha value is -3.83. The molecule has 0 radical (unpaired) electrons. The second-order valence-corrected chi connectivity index (χ2v) is 8.50. The van der Waals surface area contributed by atoms with E-state index in [9.17, 15) is 18.4 Å². The van der Waals surface area contributed by atoms with E-state index >= 15 is 0 Å². The van der Waals surface area contributed by atoms with Gasteiger partial charge in [0.25, 0.3) is 11.8 Å². The van der Waals surface area contributed by atoms with Crippen LogP contribution in [0.2, 0.25) is 5.02 Å². The smallest absolute Gasteiger partial charge is 0.266 e. The topological polar surface area (TPSA) is 86.1 Å². The van der Waals surface area contributed by atoms with E-state index in [2.05, 4.69) is 10.3 Å². The Morgan fingerprint density at radius 3 is 2.65 bits per heavy atom. The second kappa shape index (κ2) is 9.57. The monoisotopic (exact) mass is 480 g/mol. The molecule has 6 nitrogen and oxygen atoms in total. The number of hydrogen-bond acceptors (Lipinski definition) is 4. The summed E-state index contributed by atoms with van der Waals surface area (Å²) in [7, 11) is 0. The standard InChI is InChI=1S/C25H19ClF2N4O2/c26-20-5-2-6-21(11-20)31-23(33)19-12-25(27,28)15-32(14-19)24(34)18-4-1-3-16(9-18)17-7-8-30-22(10-17)13-29/h1-11,19H,12,14-15H2,(H,31,33). The third kappa shape index (κ3) is 5.38. The number of likely N-dealkylation sites (tertiary alicyclic amines) is 1. The van der Waals surface area contributed by atoms with Gasteiger partial charge in [-0.2, -0.15) is 5.26 Å². The summed E-state index contributed by atoms with van der Waals surface area (Å²) in [5.41, 5.74) is 2.14. The number of amides is 2. The SMILES string of the molecule is N#Cc1cc(-c2cccc(C(=O)N3CC(C(=O)Nc4cccc(Cl)c4)CC(F)(F)C3)c2)ccn1. The molecule has 0 saturated carbocycles. The summed E-state index contributed by atoms with van der Waals surface area (Å²) < 4.78 is 29.1. The maximum Gasteiger partial charge on any atom is 0.266 e. The maximum absolute atomic E-state index is 14.5. The third-order valence-electron chi connectivity index (χ3n) is 5.48. The average Bonchev–Trinajstić information content (AvgIpc) is 2.82. The second-order valence-electron chi connectivity index (χ2n) is 8.06. The first-order chi connectivity index (χ1) is 16.2. The predicted octanol–water partition coefficient (Wildman–Crippen LogP) is 5.01. The van der Waals surface area contributed by atoms with Crippen LogP contribution in [0.25, 0.3) is 11.1 Å². The summed E-state index contributed by atoms with van der Waals surface area (Å²) >= 11 is 5.92. The van der Waals surface area contributed by atoms with Crippen LogP contribution < -0.4 is 5.32 Å². The van der Waals surface area contributed by atoms with Gasteiger partial charge >= 0.3 is 0 Å². The normalized spacial score (nSPS) is 17.0. The quantitative estimate of drug-likeness (QED) is 0.568. The van der Waals surface area contributed by atoms with Gasteiger partial charge < -0.3 is 10.2 Å². The molecule has 0 spiro atoms. The van der Waals surface area contributed by atoms with E-state index in [1.54, 1.807) is 48.5 Å². The number of hydrogen-bond donors (Lipinski definition) is 1. The van der Waals surface area contributed by atoms with Crippen molar-refractivity contribution in [2.45, 2.75) is 12.3 Å². The molecule has 1 aliphatic heterocycles. The first kappa shape index (κ1) is 23.3. The van der Waals surface area contributed by atoms with Gasteiger partial charge in [-0.3, -0.25) is 9.59 Å². The molecule has 1 fully saturated rings. The van der Waals surface area contributed by atoms with Crippen molar-refractivity contribution in [3.05, 3.63) is 83.1 Å². The van der Waals surface area contributed by atoms with Gasteiger partial charge in [0, 0.05) is 35.4 Å². The van der Waals surface area contributed by atoms with Crippen molar-refractivity contribution >= 4 is 29.1 Å². The minimum atomic E-state index is -3.21. The fourth-order valence-electron chi connectivity index (χ4n) is 3.93. The van der Waals surface area contributed by atoms with Gasteiger partial charge in [-0.1, -0.05) is 29.8 Å². The lowest BCUT2D eigenvalue weighted by Crippen LogP contribution is -2.52. The van der Waals surface area contributed by atoms with Gasteiger partial charge in [-0.05, 0) is 53.6 Å². The number of benzene rings is 2. The highest BCUT2D eigenvalue weighted by atomic mass is 35.5. The molecule has 2 amide bonds. The van der Waals surface area contributed by atoms with Gasteiger partial charge in [0.15, 0.2) is 0 Å². The van der Waals surface area contributed by atoms with Crippen molar-refractivity contribution < 1.29 is 18.4 Å². The first-order valence-corrected chi connectivity index (χ1v) is 10.8. The summed E-state index contributed by atoms with van der Waals surface area (Å²) in [6.45, 7) is -0.913. The zero-order valence-electron chi connectivity index (χ0n) is 17.8. The Kier molecular flexibility index (Phi) is 6.57. The molecule has 1 aromatic heterocycles. The van der Waals surface area contributed by atoms with E-state index in [1.165, 1.54) is 18.3 Å². The molecule has 9 heteroatoms. The molecule has 1 atom stereocenters. The third-order valence-corrected chi connectivity index (χ3v) is 5.71. The largest absolute Gasteiger partial charge is 0.332 e. The number of anilines is 1. The van der Waals surface area contributed by atoms with Crippen LogP contribution in [0.3, 0.4) is 0 Å². The molecule has 3 aromatic rings. The van der Waals surface area contributed by atoms with Crippen LogP contribution in [0.4, 0.5) is 14.5 Å². The van der Waals surface area contributed by atoms with Crippen LogP contribution in [0, 0.1) is 17.2 Å². The Morgan fingerprint density at radius 2 is 1.88 bits per heavy atom. The highest BCUT2D eigenvalue weighted by Gasteiger charge is 2.44. The number of nitrogens with one attached hydrogen (secondary N) is 1. The fraction of sp³-hybridized carbons (Fsp3) is 0.200. The summed E-state index contributed by atoms with van der Waals surface area (Å²) in [6.07, 6.45) is 0.827. The lowest BCUT2D eigenvalue weighted by Gasteiger charge is -2.37. The number of rotatable bonds is 4. The van der Waals surface area contributed by atoms with Crippen LogP contribution in [0.1, 0.15) is 22.5 Å². The van der Waals surface area contributed by atoms with E-state index in [1.807, 2.05) is 6.07 Å². The van der Waals surface area contributed by atoms with Gasteiger partial charge in [-0.25, -0.2) is 13.8 Å². The van der Waals surface area contributed by atoms with E-state index in [-0.39, 0.29) is 17.8 Å². The molecule has 4 rings (SSSR count). The molecule has 1 saturated heterocycles. The molecule has 1 aliphatic rings. The Bertz CT molecular complexity index is 1290. The van der Waals surface area contributed by atoms with Gasteiger partial charge in [0.05, 0.1) is 12.5 Å². The van der Waals surface area contributed by atoms with Gasteiger partial charge in [-0.15, -0.1) is 0 Å². The summed E-state index contributed by atoms with van der Waals surface area (Å²) in [5, 5.41) is 12.1. The zero-order chi connectivity index (χ0) is 24.3. The van der Waals surface area contributed by atoms with Crippen molar-refractivity contribution in [3.8, 4) is 17.2 Å². The van der Waals surface area contributed by atoms with Crippen molar-refractivity contribution in [1.82, 2.24) is 9.88 Å². The molecule has 1 N–H and O–H groups in total. The molecular formula is C25H19ClF2N4O2. The van der Waals surface area contributed by atoms with E-state index in [0.717, 1.165) is 4.90 Å². The number of aromatic nitrogens is 1. The van der Waals surface area contributed by atoms with Crippen molar-refractivity contribution in [2.75, 3.05) is 18.4 Å². The number of nitrogens with zero attached hydrogens (tertiary/aromatic N) is 3.